The zero-order chi connectivity index (χ0) is 16.1. The van der Waals surface area contributed by atoms with Crippen LogP contribution in [0, 0.1) is 19.7 Å². The standard InChI is InChI=1S/C18H20FNO2/c1-13-7-8-14(2)17(9-13)22-12-18(21)20(3)11-15-5-4-6-16(19)10-15/h4-10H,11-12H2,1-3H3. The summed E-state index contributed by atoms with van der Waals surface area (Å²) in [5.74, 6) is 0.266. The lowest BCUT2D eigenvalue weighted by molar-refractivity contribution is -0.132. The van der Waals surface area contributed by atoms with Crippen molar-refractivity contribution in [2.75, 3.05) is 13.7 Å². The van der Waals surface area contributed by atoms with Gasteiger partial charge in [-0.1, -0.05) is 24.3 Å². The van der Waals surface area contributed by atoms with Gasteiger partial charge in [0, 0.05) is 13.6 Å². The maximum absolute atomic E-state index is 13.1. The molecule has 0 spiro atoms. The van der Waals surface area contributed by atoms with Gasteiger partial charge < -0.3 is 9.64 Å². The van der Waals surface area contributed by atoms with E-state index in [-0.39, 0.29) is 18.3 Å². The Kier molecular flexibility index (Phi) is 5.15. The van der Waals surface area contributed by atoms with Gasteiger partial charge in [-0.15, -0.1) is 0 Å². The molecule has 0 aromatic heterocycles. The van der Waals surface area contributed by atoms with E-state index in [0.29, 0.717) is 12.3 Å². The van der Waals surface area contributed by atoms with Crippen LogP contribution >= 0.6 is 0 Å². The predicted molar refractivity (Wildman–Crippen MR) is 84.3 cm³/mol. The summed E-state index contributed by atoms with van der Waals surface area (Å²) in [5.41, 5.74) is 2.83. The minimum atomic E-state index is -0.301. The molecule has 0 saturated carbocycles. The fourth-order valence-corrected chi connectivity index (χ4v) is 2.11. The summed E-state index contributed by atoms with van der Waals surface area (Å²) in [7, 11) is 1.68. The smallest absolute Gasteiger partial charge is 0.260 e. The molecule has 0 aliphatic heterocycles. The van der Waals surface area contributed by atoms with Crippen LogP contribution in [-0.2, 0) is 11.3 Å². The molecule has 22 heavy (non-hydrogen) atoms. The lowest BCUT2D eigenvalue weighted by atomic mass is 10.1. The number of likely N-dealkylation sites (N-methyl/N-ethyl adjacent to an activating group) is 1. The molecular formula is C18H20FNO2. The van der Waals surface area contributed by atoms with E-state index >= 15 is 0 Å². The first-order valence-electron chi connectivity index (χ1n) is 7.14. The second kappa shape index (κ2) is 7.07. The number of halogens is 1. The number of amides is 1. The van der Waals surface area contributed by atoms with Crippen LogP contribution in [-0.4, -0.2) is 24.5 Å². The van der Waals surface area contributed by atoms with Gasteiger partial charge in [0.25, 0.3) is 5.91 Å². The van der Waals surface area contributed by atoms with Crippen molar-refractivity contribution in [2.24, 2.45) is 0 Å². The topological polar surface area (TPSA) is 29.5 Å². The van der Waals surface area contributed by atoms with E-state index in [0.717, 1.165) is 16.7 Å². The zero-order valence-corrected chi connectivity index (χ0v) is 13.1. The van der Waals surface area contributed by atoms with Crippen molar-refractivity contribution in [3.63, 3.8) is 0 Å². The molecule has 0 heterocycles. The Bertz CT molecular complexity index is 670. The number of nitrogens with zero attached hydrogens (tertiary/aromatic N) is 1. The highest BCUT2D eigenvalue weighted by molar-refractivity contribution is 5.77. The number of aryl methyl sites for hydroxylation is 2. The van der Waals surface area contributed by atoms with Gasteiger partial charge in [-0.3, -0.25) is 4.79 Å². The van der Waals surface area contributed by atoms with Crippen molar-refractivity contribution in [1.82, 2.24) is 4.90 Å². The first-order chi connectivity index (χ1) is 10.5. The highest BCUT2D eigenvalue weighted by Gasteiger charge is 2.11. The quantitative estimate of drug-likeness (QED) is 0.846. The minimum Gasteiger partial charge on any atom is -0.483 e. The van der Waals surface area contributed by atoms with E-state index in [4.69, 9.17) is 4.74 Å². The summed E-state index contributed by atoms with van der Waals surface area (Å²) >= 11 is 0. The van der Waals surface area contributed by atoms with Crippen LogP contribution in [0.1, 0.15) is 16.7 Å². The molecule has 0 unspecified atom stereocenters. The second-order valence-corrected chi connectivity index (χ2v) is 5.44. The molecule has 4 heteroatoms. The third kappa shape index (κ3) is 4.32. The molecule has 0 aliphatic rings. The summed E-state index contributed by atoms with van der Waals surface area (Å²) in [6, 6.07) is 12.1. The normalized spacial score (nSPS) is 10.4. The van der Waals surface area contributed by atoms with Crippen molar-refractivity contribution in [3.8, 4) is 5.75 Å². The van der Waals surface area contributed by atoms with Crippen molar-refractivity contribution in [3.05, 3.63) is 65.0 Å². The van der Waals surface area contributed by atoms with Gasteiger partial charge in [0.05, 0.1) is 0 Å². The molecule has 0 bridgehead atoms. The molecule has 116 valence electrons. The molecule has 0 atom stereocenters. The molecule has 2 aromatic rings. The van der Waals surface area contributed by atoms with Crippen LogP contribution in [0.5, 0.6) is 5.75 Å². The Morgan fingerprint density at radius 1 is 1.18 bits per heavy atom. The van der Waals surface area contributed by atoms with Gasteiger partial charge in [-0.05, 0) is 48.7 Å². The SMILES string of the molecule is Cc1ccc(C)c(OCC(=O)N(C)Cc2cccc(F)c2)c1. The summed E-state index contributed by atoms with van der Waals surface area (Å²) < 4.78 is 18.7. The third-order valence-corrected chi connectivity index (χ3v) is 3.43. The molecule has 0 radical (unpaired) electrons. The molecule has 2 rings (SSSR count). The Balaban J connectivity index is 1.92. The van der Waals surface area contributed by atoms with Crippen LogP contribution in [0.15, 0.2) is 42.5 Å². The summed E-state index contributed by atoms with van der Waals surface area (Å²) in [4.78, 5) is 13.6. The van der Waals surface area contributed by atoms with Gasteiger partial charge in [0.1, 0.15) is 11.6 Å². The maximum atomic E-state index is 13.1. The fourth-order valence-electron chi connectivity index (χ4n) is 2.11. The average Bonchev–Trinajstić information content (AvgIpc) is 2.47. The highest BCUT2D eigenvalue weighted by Crippen LogP contribution is 2.19. The number of benzene rings is 2. The first kappa shape index (κ1) is 16.0. The van der Waals surface area contributed by atoms with Crippen LogP contribution in [0.4, 0.5) is 4.39 Å². The van der Waals surface area contributed by atoms with Gasteiger partial charge >= 0.3 is 0 Å². The van der Waals surface area contributed by atoms with Gasteiger partial charge in [-0.25, -0.2) is 4.39 Å². The lowest BCUT2D eigenvalue weighted by Gasteiger charge is -2.18. The summed E-state index contributed by atoms with van der Waals surface area (Å²) in [6.07, 6.45) is 0. The van der Waals surface area contributed by atoms with Crippen molar-refractivity contribution in [2.45, 2.75) is 20.4 Å². The average molecular weight is 301 g/mol. The van der Waals surface area contributed by atoms with E-state index in [2.05, 4.69) is 0 Å². The maximum Gasteiger partial charge on any atom is 0.260 e. The molecule has 2 aromatic carbocycles. The zero-order valence-electron chi connectivity index (χ0n) is 13.1. The molecule has 0 fully saturated rings. The second-order valence-electron chi connectivity index (χ2n) is 5.44. The van der Waals surface area contributed by atoms with E-state index < -0.39 is 0 Å². The van der Waals surface area contributed by atoms with E-state index in [1.807, 2.05) is 32.0 Å². The Labute approximate surface area is 130 Å². The lowest BCUT2D eigenvalue weighted by Crippen LogP contribution is -2.31. The number of ether oxygens (including phenoxy) is 1. The van der Waals surface area contributed by atoms with Gasteiger partial charge in [-0.2, -0.15) is 0 Å². The third-order valence-electron chi connectivity index (χ3n) is 3.43. The van der Waals surface area contributed by atoms with Crippen molar-refractivity contribution in [1.29, 1.82) is 0 Å². The molecule has 0 saturated heterocycles. The number of carbonyl (C=O) groups excluding carboxylic acids is 1. The summed E-state index contributed by atoms with van der Waals surface area (Å²) in [5, 5.41) is 0. The summed E-state index contributed by atoms with van der Waals surface area (Å²) in [6.45, 7) is 4.24. The number of rotatable bonds is 5. The minimum absolute atomic E-state index is 0.0316. The molecular weight excluding hydrogens is 281 g/mol. The fraction of sp³-hybridized carbons (Fsp3) is 0.278. The monoisotopic (exact) mass is 301 g/mol. The molecule has 0 N–H and O–H groups in total. The van der Waals surface area contributed by atoms with E-state index in [1.54, 1.807) is 19.2 Å². The van der Waals surface area contributed by atoms with Gasteiger partial charge in [0.15, 0.2) is 6.61 Å². The van der Waals surface area contributed by atoms with Crippen LogP contribution in [0.3, 0.4) is 0 Å². The van der Waals surface area contributed by atoms with Crippen LogP contribution < -0.4 is 4.74 Å². The van der Waals surface area contributed by atoms with Crippen molar-refractivity contribution >= 4 is 5.91 Å². The van der Waals surface area contributed by atoms with Crippen LogP contribution in [0.25, 0.3) is 0 Å². The molecule has 0 aliphatic carbocycles. The Morgan fingerprint density at radius 3 is 2.68 bits per heavy atom. The van der Waals surface area contributed by atoms with Gasteiger partial charge in [0.2, 0.25) is 0 Å². The molecule has 1 amide bonds. The van der Waals surface area contributed by atoms with Crippen LogP contribution in [0.2, 0.25) is 0 Å². The Hall–Kier alpha value is -2.36. The van der Waals surface area contributed by atoms with E-state index in [1.165, 1.54) is 17.0 Å². The number of hydrogen-bond donors (Lipinski definition) is 0. The number of carbonyl (C=O) groups is 1. The number of hydrogen-bond acceptors (Lipinski definition) is 2. The predicted octanol–water partition coefficient (Wildman–Crippen LogP) is 3.48. The van der Waals surface area contributed by atoms with Crippen molar-refractivity contribution < 1.29 is 13.9 Å². The molecule has 3 nitrogen and oxygen atoms in total. The highest BCUT2D eigenvalue weighted by atomic mass is 19.1. The van der Waals surface area contributed by atoms with E-state index in [9.17, 15) is 9.18 Å². The first-order valence-corrected chi connectivity index (χ1v) is 7.14. The largest absolute Gasteiger partial charge is 0.483 e. The Morgan fingerprint density at radius 2 is 1.95 bits per heavy atom.